The van der Waals surface area contributed by atoms with Crippen LogP contribution in [0.5, 0.6) is 0 Å². The maximum absolute atomic E-state index is 4.97. The van der Waals surface area contributed by atoms with Crippen molar-refractivity contribution in [2.45, 2.75) is 13.8 Å². The highest BCUT2D eigenvalue weighted by molar-refractivity contribution is 6.23. The fourth-order valence-electron chi connectivity index (χ4n) is 7.98. The standard InChI is InChI=1S/C44H30N4/c1-27-45-38-19-7-9-21-42(38)47(27)40-23-11-17-33-35(40)26-36-34(18-12-24-41(36)48-28(2)46-39-20-8-10-22-43(39)48)44(33)37-25-29-13-3-4-14-30(29)31-15-5-6-16-32(31)37/h3-26H,1-2H3. The lowest BCUT2D eigenvalue weighted by Crippen LogP contribution is -2.01. The van der Waals surface area contributed by atoms with Gasteiger partial charge in [-0.25, -0.2) is 9.97 Å². The van der Waals surface area contributed by atoms with Gasteiger partial charge in [-0.2, -0.15) is 0 Å². The smallest absolute Gasteiger partial charge is 0.111 e. The van der Waals surface area contributed by atoms with E-state index >= 15 is 0 Å². The highest BCUT2D eigenvalue weighted by Gasteiger charge is 2.21. The summed E-state index contributed by atoms with van der Waals surface area (Å²) in [7, 11) is 0. The molecule has 4 heteroatoms. The zero-order valence-corrected chi connectivity index (χ0v) is 26.6. The van der Waals surface area contributed by atoms with Gasteiger partial charge in [-0.3, -0.25) is 9.13 Å². The van der Waals surface area contributed by atoms with Gasteiger partial charge in [0.15, 0.2) is 0 Å². The molecule has 2 heterocycles. The minimum absolute atomic E-state index is 0.964. The number of nitrogens with zero attached hydrogens (tertiary/aromatic N) is 4. The van der Waals surface area contributed by atoms with Crippen molar-refractivity contribution in [3.63, 3.8) is 0 Å². The van der Waals surface area contributed by atoms with Crippen LogP contribution in [-0.2, 0) is 0 Å². The van der Waals surface area contributed by atoms with Crippen molar-refractivity contribution in [3.8, 4) is 22.5 Å². The predicted molar refractivity (Wildman–Crippen MR) is 201 cm³/mol. The van der Waals surface area contributed by atoms with Gasteiger partial charge >= 0.3 is 0 Å². The first-order chi connectivity index (χ1) is 23.7. The second-order valence-electron chi connectivity index (χ2n) is 12.7. The molecule has 0 saturated heterocycles. The van der Waals surface area contributed by atoms with E-state index in [1.165, 1.54) is 54.2 Å². The fraction of sp³-hybridized carbons (Fsp3) is 0.0455. The van der Waals surface area contributed by atoms with Crippen molar-refractivity contribution >= 4 is 65.2 Å². The van der Waals surface area contributed by atoms with Crippen molar-refractivity contribution in [3.05, 3.63) is 157 Å². The Morgan fingerprint density at radius 2 is 0.875 bits per heavy atom. The van der Waals surface area contributed by atoms with Crippen LogP contribution in [0.15, 0.2) is 146 Å². The maximum Gasteiger partial charge on any atom is 0.111 e. The van der Waals surface area contributed by atoms with Crippen molar-refractivity contribution in [2.75, 3.05) is 0 Å². The summed E-state index contributed by atoms with van der Waals surface area (Å²) in [5, 5.41) is 9.78. The zero-order chi connectivity index (χ0) is 31.9. The molecule has 0 aliphatic rings. The Balaban J connectivity index is 1.42. The van der Waals surface area contributed by atoms with Crippen LogP contribution in [0.4, 0.5) is 0 Å². The normalized spacial score (nSPS) is 12.0. The second kappa shape index (κ2) is 10.1. The third-order valence-electron chi connectivity index (χ3n) is 9.97. The molecule has 0 spiro atoms. The molecule has 48 heavy (non-hydrogen) atoms. The third-order valence-corrected chi connectivity index (χ3v) is 9.97. The molecule has 10 aromatic rings. The summed E-state index contributed by atoms with van der Waals surface area (Å²) in [5.74, 6) is 1.93. The van der Waals surface area contributed by atoms with Crippen LogP contribution in [0.3, 0.4) is 0 Å². The number of hydrogen-bond donors (Lipinski definition) is 0. The molecular weight excluding hydrogens is 585 g/mol. The van der Waals surface area contributed by atoms with Gasteiger partial charge in [-0.15, -0.1) is 0 Å². The van der Waals surface area contributed by atoms with Crippen LogP contribution < -0.4 is 0 Å². The number of fused-ring (bicyclic) bond motifs is 7. The van der Waals surface area contributed by atoms with E-state index in [4.69, 9.17) is 9.97 Å². The predicted octanol–water partition coefficient (Wildman–Crippen LogP) is 11.3. The maximum atomic E-state index is 4.97. The molecule has 0 aliphatic heterocycles. The molecule has 4 nitrogen and oxygen atoms in total. The lowest BCUT2D eigenvalue weighted by Gasteiger charge is -2.20. The van der Waals surface area contributed by atoms with E-state index in [9.17, 15) is 0 Å². The van der Waals surface area contributed by atoms with Crippen LogP contribution in [0.25, 0.3) is 87.7 Å². The van der Waals surface area contributed by atoms with Gasteiger partial charge in [0.2, 0.25) is 0 Å². The van der Waals surface area contributed by atoms with Crippen molar-refractivity contribution in [1.82, 2.24) is 19.1 Å². The highest BCUT2D eigenvalue weighted by Crippen LogP contribution is 2.45. The Kier molecular flexibility index (Phi) is 5.67. The SMILES string of the molecule is Cc1nc2ccccc2n1-c1cccc2c(-c3cc4ccccc4c4ccccc34)c3cccc(-n4c(C)nc5ccccc54)c3cc12. The van der Waals surface area contributed by atoms with Crippen LogP contribution in [-0.4, -0.2) is 19.1 Å². The zero-order valence-electron chi connectivity index (χ0n) is 26.6. The number of rotatable bonds is 3. The van der Waals surface area contributed by atoms with Crippen molar-refractivity contribution < 1.29 is 0 Å². The van der Waals surface area contributed by atoms with Crippen LogP contribution >= 0.6 is 0 Å². The van der Waals surface area contributed by atoms with Gasteiger partial charge < -0.3 is 0 Å². The summed E-state index contributed by atoms with van der Waals surface area (Å²) >= 11 is 0. The molecule has 0 amide bonds. The molecule has 10 rings (SSSR count). The van der Waals surface area contributed by atoms with E-state index in [0.29, 0.717) is 0 Å². The van der Waals surface area contributed by atoms with Crippen LogP contribution in [0.1, 0.15) is 11.6 Å². The third kappa shape index (κ3) is 3.77. The molecule has 8 aromatic carbocycles. The molecule has 0 atom stereocenters. The van der Waals surface area contributed by atoms with E-state index in [-0.39, 0.29) is 0 Å². The number of imidazole rings is 2. The van der Waals surface area contributed by atoms with E-state index in [1.54, 1.807) is 0 Å². The number of aromatic nitrogens is 4. The van der Waals surface area contributed by atoms with Gasteiger partial charge in [0.25, 0.3) is 0 Å². The first-order valence-corrected chi connectivity index (χ1v) is 16.4. The van der Waals surface area contributed by atoms with E-state index in [1.807, 2.05) is 0 Å². The van der Waals surface area contributed by atoms with E-state index in [2.05, 4.69) is 169 Å². The van der Waals surface area contributed by atoms with Gasteiger partial charge in [0.1, 0.15) is 11.6 Å². The molecule has 0 unspecified atom stereocenters. The first-order valence-electron chi connectivity index (χ1n) is 16.4. The Morgan fingerprint density at radius 3 is 1.48 bits per heavy atom. The molecular formula is C44H30N4. The molecule has 0 saturated carbocycles. The van der Waals surface area contributed by atoms with Gasteiger partial charge in [-0.05, 0) is 106 Å². The molecule has 226 valence electrons. The Hall–Kier alpha value is -6.26. The van der Waals surface area contributed by atoms with Crippen molar-refractivity contribution in [1.29, 1.82) is 0 Å². The molecule has 0 fully saturated rings. The Morgan fingerprint density at radius 1 is 0.396 bits per heavy atom. The topological polar surface area (TPSA) is 35.6 Å². The van der Waals surface area contributed by atoms with E-state index < -0.39 is 0 Å². The summed E-state index contributed by atoms with van der Waals surface area (Å²) in [4.78, 5) is 9.94. The first kappa shape index (κ1) is 26.9. The number of hydrogen-bond acceptors (Lipinski definition) is 2. The minimum Gasteiger partial charge on any atom is -0.296 e. The highest BCUT2D eigenvalue weighted by atomic mass is 15.1. The van der Waals surface area contributed by atoms with Gasteiger partial charge in [0.05, 0.1) is 33.4 Å². The Labute approximate surface area is 277 Å². The molecule has 0 aliphatic carbocycles. The average Bonchev–Trinajstić information content (AvgIpc) is 3.64. The molecule has 0 N–H and O–H groups in total. The largest absolute Gasteiger partial charge is 0.296 e. The fourth-order valence-corrected chi connectivity index (χ4v) is 7.98. The van der Waals surface area contributed by atoms with E-state index in [0.717, 1.165) is 45.1 Å². The Bertz CT molecular complexity index is 2790. The van der Waals surface area contributed by atoms with Crippen LogP contribution in [0.2, 0.25) is 0 Å². The van der Waals surface area contributed by atoms with Crippen LogP contribution in [0, 0.1) is 13.8 Å². The summed E-state index contributed by atoms with van der Waals surface area (Å²) in [6, 6.07) is 52.6. The summed E-state index contributed by atoms with van der Waals surface area (Å²) in [6.07, 6.45) is 0. The van der Waals surface area contributed by atoms with Crippen molar-refractivity contribution in [2.24, 2.45) is 0 Å². The lowest BCUT2D eigenvalue weighted by atomic mass is 9.86. The molecule has 0 bridgehead atoms. The average molecular weight is 615 g/mol. The number of benzene rings is 8. The number of para-hydroxylation sites is 4. The summed E-state index contributed by atoms with van der Waals surface area (Å²) in [6.45, 7) is 4.20. The van der Waals surface area contributed by atoms with Gasteiger partial charge in [-0.1, -0.05) is 97.1 Å². The summed E-state index contributed by atoms with van der Waals surface area (Å²) < 4.78 is 4.62. The second-order valence-corrected chi connectivity index (χ2v) is 12.7. The number of aryl methyl sites for hydroxylation is 2. The minimum atomic E-state index is 0.964. The monoisotopic (exact) mass is 614 g/mol. The quantitative estimate of drug-likeness (QED) is 0.147. The molecule has 0 radical (unpaired) electrons. The summed E-state index contributed by atoms with van der Waals surface area (Å²) in [5.41, 5.74) is 8.90. The molecule has 2 aromatic heterocycles. The van der Waals surface area contributed by atoms with Gasteiger partial charge in [0, 0.05) is 10.8 Å². The lowest BCUT2D eigenvalue weighted by molar-refractivity contribution is 1.01.